The van der Waals surface area contributed by atoms with E-state index in [9.17, 15) is 14.7 Å². The Balaban J connectivity index is 1.89. The van der Waals surface area contributed by atoms with Crippen molar-refractivity contribution in [3.05, 3.63) is 47.5 Å². The molecule has 0 saturated carbocycles. The molecule has 1 aliphatic rings. The van der Waals surface area contributed by atoms with Gasteiger partial charge in [-0.2, -0.15) is 0 Å². The van der Waals surface area contributed by atoms with Gasteiger partial charge < -0.3 is 15.1 Å². The van der Waals surface area contributed by atoms with Crippen LogP contribution in [0.15, 0.2) is 36.4 Å². The average molecular weight is 398 g/mol. The van der Waals surface area contributed by atoms with Gasteiger partial charge in [0.1, 0.15) is 0 Å². The summed E-state index contributed by atoms with van der Waals surface area (Å²) < 4.78 is 0. The van der Waals surface area contributed by atoms with E-state index in [-0.39, 0.29) is 23.4 Å². The average Bonchev–Trinajstić information content (AvgIpc) is 3.07. The van der Waals surface area contributed by atoms with Crippen LogP contribution in [0.4, 0.5) is 0 Å². The zero-order chi connectivity index (χ0) is 21.2. The number of carboxylic acids is 1. The molecular formula is C24H31NO4. The fourth-order valence-corrected chi connectivity index (χ4v) is 3.31. The third-order valence-corrected chi connectivity index (χ3v) is 5.25. The van der Waals surface area contributed by atoms with Gasteiger partial charge in [0.25, 0.3) is 0 Å². The first-order chi connectivity index (χ1) is 13.9. The first-order valence-electron chi connectivity index (χ1n) is 10.4. The quantitative estimate of drug-likeness (QED) is 0.492. The molecule has 2 unspecified atom stereocenters. The summed E-state index contributed by atoms with van der Waals surface area (Å²) in [5, 5.41) is 19.3. The zero-order valence-corrected chi connectivity index (χ0v) is 17.3. The second-order valence-electron chi connectivity index (χ2n) is 7.61. The molecule has 5 nitrogen and oxygen atoms in total. The van der Waals surface area contributed by atoms with Crippen molar-refractivity contribution >= 4 is 11.9 Å². The summed E-state index contributed by atoms with van der Waals surface area (Å²) in [7, 11) is 0. The Morgan fingerprint density at radius 1 is 1.31 bits per heavy atom. The number of benzene rings is 1. The summed E-state index contributed by atoms with van der Waals surface area (Å²) in [5.41, 5.74) is 1.26. The van der Waals surface area contributed by atoms with E-state index in [0.29, 0.717) is 25.8 Å². The molecule has 0 aliphatic carbocycles. The van der Waals surface area contributed by atoms with E-state index in [1.165, 1.54) is 0 Å². The van der Waals surface area contributed by atoms with Crippen molar-refractivity contribution in [2.24, 2.45) is 5.92 Å². The van der Waals surface area contributed by atoms with Gasteiger partial charge in [-0.05, 0) is 42.9 Å². The van der Waals surface area contributed by atoms with E-state index in [2.05, 4.69) is 18.8 Å². The third-order valence-electron chi connectivity index (χ3n) is 5.25. The number of nitrogens with zero attached hydrogens (tertiary/aromatic N) is 1. The highest BCUT2D eigenvalue weighted by atomic mass is 16.4. The van der Waals surface area contributed by atoms with Gasteiger partial charge >= 0.3 is 5.97 Å². The van der Waals surface area contributed by atoms with Crippen LogP contribution >= 0.6 is 0 Å². The van der Waals surface area contributed by atoms with Gasteiger partial charge in [-0.3, -0.25) is 4.79 Å². The number of hydrogen-bond donors (Lipinski definition) is 2. The fourth-order valence-electron chi connectivity index (χ4n) is 3.31. The molecule has 0 aromatic heterocycles. The van der Waals surface area contributed by atoms with Crippen molar-refractivity contribution in [3.63, 3.8) is 0 Å². The Bertz CT molecular complexity index is 772. The number of rotatable bonds is 9. The van der Waals surface area contributed by atoms with Crippen molar-refractivity contribution in [1.82, 2.24) is 4.90 Å². The summed E-state index contributed by atoms with van der Waals surface area (Å²) in [4.78, 5) is 25.1. The first kappa shape index (κ1) is 22.7. The molecule has 1 heterocycles. The van der Waals surface area contributed by atoms with Gasteiger partial charge in [-0.1, -0.05) is 38.1 Å². The van der Waals surface area contributed by atoms with Gasteiger partial charge in [-0.25, -0.2) is 4.79 Å². The molecule has 1 saturated heterocycles. The number of carboxylic acid groups (broad SMARTS) is 1. The maximum atomic E-state index is 12.3. The number of aliphatic hydroxyl groups excluding tert-OH is 1. The molecule has 2 rings (SSSR count). The molecular weight excluding hydrogens is 366 g/mol. The van der Waals surface area contributed by atoms with E-state index in [1.807, 2.05) is 17.9 Å². The highest BCUT2D eigenvalue weighted by molar-refractivity contribution is 5.87. The van der Waals surface area contributed by atoms with Crippen molar-refractivity contribution in [2.45, 2.75) is 64.5 Å². The maximum Gasteiger partial charge on any atom is 0.335 e. The van der Waals surface area contributed by atoms with Crippen LogP contribution in [0.1, 0.15) is 61.9 Å². The second-order valence-corrected chi connectivity index (χ2v) is 7.61. The van der Waals surface area contributed by atoms with Crippen molar-refractivity contribution in [1.29, 1.82) is 0 Å². The van der Waals surface area contributed by atoms with Crippen LogP contribution in [0.5, 0.6) is 0 Å². The monoisotopic (exact) mass is 397 g/mol. The van der Waals surface area contributed by atoms with Gasteiger partial charge in [-0.15, -0.1) is 11.8 Å². The number of likely N-dealkylation sites (tertiary alicyclic amines) is 1. The van der Waals surface area contributed by atoms with E-state index in [1.54, 1.807) is 30.3 Å². The van der Waals surface area contributed by atoms with E-state index in [0.717, 1.165) is 24.8 Å². The lowest BCUT2D eigenvalue weighted by atomic mass is 9.99. The SMILES string of the molecule is CCCC#CCC(C)[C@H](O)/C=C/C1CCC(=O)N1CCc1ccc(C(=O)O)cc1. The minimum Gasteiger partial charge on any atom is -0.478 e. The van der Waals surface area contributed by atoms with Crippen LogP contribution in [0.2, 0.25) is 0 Å². The summed E-state index contributed by atoms with van der Waals surface area (Å²) in [6.07, 6.45) is 7.69. The smallest absolute Gasteiger partial charge is 0.335 e. The standard InChI is InChI=1S/C24H31NO4/c1-3-4-5-6-7-18(2)22(26)14-12-21-13-15-23(27)25(21)17-16-19-8-10-20(11-9-19)24(28)29/h8-12,14,18,21-22,26H,3-4,7,13,15-17H2,1-2H3,(H,28,29)/b14-12+/t18?,21?,22-/m1/s1. The number of hydrogen-bond acceptors (Lipinski definition) is 3. The Morgan fingerprint density at radius 2 is 2.03 bits per heavy atom. The predicted molar refractivity (Wildman–Crippen MR) is 113 cm³/mol. The maximum absolute atomic E-state index is 12.3. The van der Waals surface area contributed by atoms with Crippen LogP contribution in [-0.2, 0) is 11.2 Å². The van der Waals surface area contributed by atoms with Crippen molar-refractivity contribution < 1.29 is 19.8 Å². The van der Waals surface area contributed by atoms with Crippen LogP contribution in [0, 0.1) is 17.8 Å². The molecule has 0 bridgehead atoms. The van der Waals surface area contributed by atoms with Gasteiger partial charge in [0.15, 0.2) is 0 Å². The lowest BCUT2D eigenvalue weighted by Gasteiger charge is -2.23. The highest BCUT2D eigenvalue weighted by Gasteiger charge is 2.28. The second kappa shape index (κ2) is 11.4. The van der Waals surface area contributed by atoms with Crippen LogP contribution in [-0.4, -0.2) is 45.7 Å². The number of aromatic carboxylic acids is 1. The summed E-state index contributed by atoms with van der Waals surface area (Å²) >= 11 is 0. The van der Waals surface area contributed by atoms with Crippen LogP contribution < -0.4 is 0 Å². The zero-order valence-electron chi connectivity index (χ0n) is 17.3. The Kier molecular flexibility index (Phi) is 8.95. The lowest BCUT2D eigenvalue weighted by molar-refractivity contribution is -0.128. The normalized spacial score (nSPS) is 18.5. The number of carbonyl (C=O) groups is 2. The summed E-state index contributed by atoms with van der Waals surface area (Å²) in [6, 6.07) is 6.75. The van der Waals surface area contributed by atoms with E-state index < -0.39 is 12.1 Å². The van der Waals surface area contributed by atoms with Gasteiger partial charge in [0.2, 0.25) is 5.91 Å². The molecule has 5 heteroatoms. The molecule has 1 aliphatic heterocycles. The molecule has 1 aromatic rings. The summed E-state index contributed by atoms with van der Waals surface area (Å²) in [6.45, 7) is 4.65. The summed E-state index contributed by atoms with van der Waals surface area (Å²) in [5.74, 6) is 5.44. The first-order valence-corrected chi connectivity index (χ1v) is 10.4. The highest BCUT2D eigenvalue weighted by Crippen LogP contribution is 2.21. The molecule has 3 atom stereocenters. The Labute approximate surface area is 173 Å². The van der Waals surface area contributed by atoms with Crippen LogP contribution in [0.25, 0.3) is 0 Å². The predicted octanol–water partition coefficient (Wildman–Crippen LogP) is 3.67. The molecule has 29 heavy (non-hydrogen) atoms. The molecule has 1 fully saturated rings. The fraction of sp³-hybridized carbons (Fsp3) is 0.500. The van der Waals surface area contributed by atoms with Gasteiger partial charge in [0.05, 0.1) is 17.7 Å². The number of aliphatic hydroxyl groups is 1. The molecule has 2 N–H and O–H groups in total. The van der Waals surface area contributed by atoms with Crippen LogP contribution in [0.3, 0.4) is 0 Å². The number of carbonyl (C=O) groups excluding carboxylic acids is 1. The number of amides is 1. The van der Waals surface area contributed by atoms with E-state index in [4.69, 9.17) is 5.11 Å². The van der Waals surface area contributed by atoms with Gasteiger partial charge in [0, 0.05) is 25.8 Å². The van der Waals surface area contributed by atoms with Crippen molar-refractivity contribution in [3.8, 4) is 11.8 Å². The number of unbranched alkanes of at least 4 members (excludes halogenated alkanes) is 1. The van der Waals surface area contributed by atoms with E-state index >= 15 is 0 Å². The molecule has 1 amide bonds. The molecule has 1 aromatic carbocycles. The minimum absolute atomic E-state index is 0.00572. The molecule has 156 valence electrons. The lowest BCUT2D eigenvalue weighted by Crippen LogP contribution is -2.34. The topological polar surface area (TPSA) is 77.8 Å². The Hall–Kier alpha value is -2.58. The van der Waals surface area contributed by atoms with Crippen molar-refractivity contribution in [2.75, 3.05) is 6.54 Å². The minimum atomic E-state index is -0.944. The largest absolute Gasteiger partial charge is 0.478 e. The molecule has 0 spiro atoms. The third kappa shape index (κ3) is 7.07. The molecule has 0 radical (unpaired) electrons. The Morgan fingerprint density at radius 3 is 2.69 bits per heavy atom.